The molecule has 2 heterocycles. The molecule has 0 radical (unpaired) electrons. The van der Waals surface area contributed by atoms with E-state index in [9.17, 15) is 32.7 Å². The molecule has 1 saturated carbocycles. The number of carboxylic acids is 1. The Balaban J connectivity index is 1.39. The van der Waals surface area contributed by atoms with Crippen LogP contribution in [0.15, 0.2) is 72.8 Å². The maximum Gasteiger partial charge on any atom is 0.416 e. The maximum atomic E-state index is 14.2. The van der Waals surface area contributed by atoms with Crippen LogP contribution >= 0.6 is 0 Å². The van der Waals surface area contributed by atoms with E-state index < -0.39 is 52.9 Å². The number of ether oxygens (including phenoxy) is 1. The van der Waals surface area contributed by atoms with Gasteiger partial charge in [-0.15, -0.1) is 0 Å². The predicted octanol–water partition coefficient (Wildman–Crippen LogP) is 7.30. The first-order valence-corrected chi connectivity index (χ1v) is 15.4. The summed E-state index contributed by atoms with van der Waals surface area (Å²) in [4.78, 5) is 42.8. The lowest BCUT2D eigenvalue weighted by Gasteiger charge is -2.35. The van der Waals surface area contributed by atoms with Crippen molar-refractivity contribution in [3.05, 3.63) is 89.5 Å². The lowest BCUT2D eigenvalue weighted by Crippen LogP contribution is -2.57. The van der Waals surface area contributed by atoms with E-state index in [0.29, 0.717) is 11.3 Å². The Kier molecular flexibility index (Phi) is 8.20. The number of aryl methyl sites for hydroxylation is 1. The van der Waals surface area contributed by atoms with E-state index in [1.165, 1.54) is 12.1 Å². The number of hydrogen-bond donors (Lipinski definition) is 2. The third-order valence-corrected chi connectivity index (χ3v) is 9.59. The van der Waals surface area contributed by atoms with Crippen LogP contribution < -0.4 is 15.0 Å². The molecule has 3 fully saturated rings. The van der Waals surface area contributed by atoms with Gasteiger partial charge in [-0.05, 0) is 72.4 Å². The number of carboxylic acid groups (broad SMARTS) is 1. The number of imide groups is 1. The van der Waals surface area contributed by atoms with E-state index in [4.69, 9.17) is 4.74 Å². The molecule has 3 aromatic rings. The number of benzene rings is 3. The van der Waals surface area contributed by atoms with Crippen molar-refractivity contribution in [1.29, 1.82) is 0 Å². The molecule has 2 amide bonds. The Bertz CT molecular complexity index is 1600. The fourth-order valence-corrected chi connectivity index (χ4v) is 7.39. The van der Waals surface area contributed by atoms with E-state index in [1.807, 2.05) is 19.1 Å². The second-order valence-electron chi connectivity index (χ2n) is 12.3. The molecule has 6 rings (SSSR count). The number of alkyl halides is 3. The van der Waals surface area contributed by atoms with Crippen molar-refractivity contribution in [3.8, 4) is 11.5 Å². The summed E-state index contributed by atoms with van der Waals surface area (Å²) in [7, 11) is 0. The van der Waals surface area contributed by atoms with Crippen molar-refractivity contribution in [3.63, 3.8) is 0 Å². The van der Waals surface area contributed by atoms with Crippen LogP contribution in [0.1, 0.15) is 68.2 Å². The SMILES string of the molecule is CCc1ccc(N2C(=O)C3C(c4cccc(Oc5cccc(C(F)(F)F)c5)c4)NC(CC4CCCCC4)(C(=O)O)C3C2=O)cc1. The minimum atomic E-state index is -4.54. The quantitative estimate of drug-likeness (QED) is 0.257. The Labute approximate surface area is 259 Å². The molecule has 4 atom stereocenters. The van der Waals surface area contributed by atoms with Crippen LogP contribution in [0.2, 0.25) is 0 Å². The minimum absolute atomic E-state index is 0.0229. The van der Waals surface area contributed by atoms with Crippen molar-refractivity contribution >= 4 is 23.5 Å². The highest BCUT2D eigenvalue weighted by Gasteiger charge is 2.69. The lowest BCUT2D eigenvalue weighted by molar-refractivity contribution is -0.150. The topological polar surface area (TPSA) is 95.9 Å². The number of rotatable bonds is 8. The standard InChI is InChI=1S/C35H35F3N2O5/c1-2-21-14-16-25(17-15-21)40-31(41)28-29(32(40)42)34(33(43)44,20-22-8-4-3-5-9-22)39-30(28)23-10-6-12-26(18-23)45-27-13-7-11-24(19-27)35(36,37)38/h6-7,10-19,22,28-30,39H,2-5,8-9,20H2,1H3,(H,43,44). The lowest BCUT2D eigenvalue weighted by atomic mass is 9.72. The third kappa shape index (κ3) is 5.72. The van der Waals surface area contributed by atoms with Crippen LogP contribution in [0.3, 0.4) is 0 Å². The summed E-state index contributed by atoms with van der Waals surface area (Å²) in [6.45, 7) is 2.00. The van der Waals surface area contributed by atoms with Crippen LogP contribution in [0.4, 0.5) is 18.9 Å². The van der Waals surface area contributed by atoms with Crippen LogP contribution in [0.5, 0.6) is 11.5 Å². The van der Waals surface area contributed by atoms with Crippen molar-refractivity contribution in [2.24, 2.45) is 17.8 Å². The number of fused-ring (bicyclic) bond motifs is 1. The highest BCUT2D eigenvalue weighted by molar-refractivity contribution is 6.24. The molecule has 45 heavy (non-hydrogen) atoms. The number of amides is 2. The molecule has 7 nitrogen and oxygen atoms in total. The summed E-state index contributed by atoms with van der Waals surface area (Å²) in [5.74, 6) is -4.08. The predicted molar refractivity (Wildman–Crippen MR) is 161 cm³/mol. The van der Waals surface area contributed by atoms with E-state index in [-0.39, 0.29) is 23.8 Å². The van der Waals surface area contributed by atoms with Crippen molar-refractivity contribution in [1.82, 2.24) is 5.32 Å². The van der Waals surface area contributed by atoms with Gasteiger partial charge in [-0.2, -0.15) is 13.2 Å². The zero-order valence-electron chi connectivity index (χ0n) is 24.8. The summed E-state index contributed by atoms with van der Waals surface area (Å²) in [6.07, 6.45) is 1.19. The van der Waals surface area contributed by atoms with Gasteiger partial charge in [0.2, 0.25) is 11.8 Å². The molecule has 10 heteroatoms. The minimum Gasteiger partial charge on any atom is -0.480 e. The monoisotopic (exact) mass is 620 g/mol. The van der Waals surface area contributed by atoms with E-state index in [0.717, 1.165) is 61.1 Å². The van der Waals surface area contributed by atoms with Gasteiger partial charge in [-0.25, -0.2) is 4.90 Å². The van der Waals surface area contributed by atoms with E-state index in [2.05, 4.69) is 5.32 Å². The highest BCUT2D eigenvalue weighted by Crippen LogP contribution is 2.53. The van der Waals surface area contributed by atoms with Crippen LogP contribution in [0.25, 0.3) is 0 Å². The molecule has 3 aromatic carbocycles. The first-order chi connectivity index (χ1) is 21.5. The molecule has 0 aromatic heterocycles. The van der Waals surface area contributed by atoms with E-state index >= 15 is 0 Å². The third-order valence-electron chi connectivity index (χ3n) is 9.59. The summed E-state index contributed by atoms with van der Waals surface area (Å²) in [5.41, 5.74) is -0.598. The molecule has 2 aliphatic heterocycles. The molecule has 4 unspecified atom stereocenters. The van der Waals surface area contributed by atoms with Crippen LogP contribution in [-0.2, 0) is 27.0 Å². The smallest absolute Gasteiger partial charge is 0.416 e. The molecule has 236 valence electrons. The largest absolute Gasteiger partial charge is 0.480 e. The van der Waals surface area contributed by atoms with Crippen LogP contribution in [-0.4, -0.2) is 28.4 Å². The summed E-state index contributed by atoms with van der Waals surface area (Å²) >= 11 is 0. The van der Waals surface area contributed by atoms with Gasteiger partial charge in [0.05, 0.1) is 23.1 Å². The van der Waals surface area contributed by atoms with Gasteiger partial charge in [-0.3, -0.25) is 19.7 Å². The summed E-state index contributed by atoms with van der Waals surface area (Å²) < 4.78 is 45.7. The van der Waals surface area contributed by atoms with Gasteiger partial charge < -0.3 is 9.84 Å². The van der Waals surface area contributed by atoms with Crippen molar-refractivity contribution in [2.75, 3.05) is 4.90 Å². The molecular formula is C35H35F3N2O5. The second kappa shape index (κ2) is 12.0. The first kappa shape index (κ1) is 30.8. The number of nitrogens with zero attached hydrogens (tertiary/aromatic N) is 1. The maximum absolute atomic E-state index is 14.2. The molecule has 0 spiro atoms. The van der Waals surface area contributed by atoms with Gasteiger partial charge in [0.1, 0.15) is 17.0 Å². The fraction of sp³-hybridized carbons (Fsp3) is 0.400. The molecule has 2 saturated heterocycles. The summed E-state index contributed by atoms with van der Waals surface area (Å²) in [5, 5.41) is 14.1. The van der Waals surface area contributed by atoms with Crippen molar-refractivity contribution < 1.29 is 37.4 Å². The van der Waals surface area contributed by atoms with Gasteiger partial charge >= 0.3 is 12.1 Å². The fourth-order valence-electron chi connectivity index (χ4n) is 7.39. The summed E-state index contributed by atoms with van der Waals surface area (Å²) in [6, 6.07) is 17.3. The highest BCUT2D eigenvalue weighted by atomic mass is 19.4. The van der Waals surface area contributed by atoms with Gasteiger partial charge in [0.15, 0.2) is 0 Å². The molecular weight excluding hydrogens is 585 g/mol. The number of halogens is 3. The molecule has 2 N–H and O–H groups in total. The number of aliphatic carboxylic acids is 1. The molecule has 0 bridgehead atoms. The Morgan fingerprint density at radius 1 is 0.956 bits per heavy atom. The average molecular weight is 621 g/mol. The number of hydrogen-bond acceptors (Lipinski definition) is 5. The number of carbonyl (C=O) groups excluding carboxylic acids is 2. The average Bonchev–Trinajstić information content (AvgIpc) is 3.51. The zero-order valence-corrected chi connectivity index (χ0v) is 24.8. The van der Waals surface area contributed by atoms with Gasteiger partial charge in [0.25, 0.3) is 0 Å². The molecule has 1 aliphatic carbocycles. The number of nitrogens with one attached hydrogen (secondary N) is 1. The second-order valence-corrected chi connectivity index (χ2v) is 12.3. The normalized spacial score (nSPS) is 25.4. The van der Waals surface area contributed by atoms with Gasteiger partial charge in [0, 0.05) is 6.04 Å². The van der Waals surface area contributed by atoms with E-state index in [1.54, 1.807) is 36.4 Å². The van der Waals surface area contributed by atoms with Crippen molar-refractivity contribution in [2.45, 2.75) is 69.6 Å². The first-order valence-electron chi connectivity index (χ1n) is 15.4. The Morgan fingerprint density at radius 3 is 2.27 bits per heavy atom. The zero-order chi connectivity index (χ0) is 31.9. The molecule has 3 aliphatic rings. The number of anilines is 1. The van der Waals surface area contributed by atoms with Gasteiger partial charge in [-0.1, -0.05) is 69.4 Å². The number of carbonyl (C=O) groups is 3. The Hall–Kier alpha value is -4.18. The Morgan fingerprint density at radius 2 is 1.62 bits per heavy atom. The van der Waals surface area contributed by atoms with Crippen LogP contribution in [0, 0.1) is 17.8 Å².